The molecule has 1 aliphatic carbocycles. The van der Waals surface area contributed by atoms with Gasteiger partial charge >= 0.3 is 5.97 Å². The molecule has 0 aliphatic heterocycles. The average molecular weight is 301 g/mol. The number of rotatable bonds is 6. The normalized spacial score (nSPS) is 16.9. The van der Waals surface area contributed by atoms with Gasteiger partial charge in [0.1, 0.15) is 6.54 Å². The van der Waals surface area contributed by atoms with E-state index in [2.05, 4.69) is 4.98 Å². The van der Waals surface area contributed by atoms with Crippen molar-refractivity contribution in [3.63, 3.8) is 0 Å². The Bertz CT molecular complexity index is 575. The van der Waals surface area contributed by atoms with E-state index in [0.717, 1.165) is 17.1 Å². The summed E-state index contributed by atoms with van der Waals surface area (Å²) in [6, 6.07) is -0.233. The summed E-state index contributed by atoms with van der Waals surface area (Å²) in [4.78, 5) is 14.9. The number of imidazole rings is 1. The van der Waals surface area contributed by atoms with Gasteiger partial charge in [0.15, 0.2) is 5.03 Å². The fraction of sp³-hybridized carbons (Fsp3) is 0.667. The minimum atomic E-state index is -3.85. The van der Waals surface area contributed by atoms with Gasteiger partial charge in [0.25, 0.3) is 10.0 Å². The molecular formula is C12H19N3O4S. The van der Waals surface area contributed by atoms with Gasteiger partial charge in [-0.25, -0.2) is 13.4 Å². The number of carboxylic acids is 1. The van der Waals surface area contributed by atoms with Crippen LogP contribution in [0.2, 0.25) is 0 Å². The Morgan fingerprint density at radius 1 is 1.50 bits per heavy atom. The van der Waals surface area contributed by atoms with Gasteiger partial charge in [-0.3, -0.25) is 4.79 Å². The molecule has 1 aromatic rings. The molecule has 8 heteroatoms. The van der Waals surface area contributed by atoms with Crippen molar-refractivity contribution in [3.8, 4) is 0 Å². The molecule has 1 heterocycles. The summed E-state index contributed by atoms with van der Waals surface area (Å²) < 4.78 is 27.9. The van der Waals surface area contributed by atoms with Gasteiger partial charge < -0.3 is 9.67 Å². The highest BCUT2D eigenvalue weighted by Crippen LogP contribution is 2.27. The third-order valence-electron chi connectivity index (χ3n) is 3.57. The summed E-state index contributed by atoms with van der Waals surface area (Å²) in [7, 11) is -3.85. The van der Waals surface area contributed by atoms with Crippen LogP contribution in [0.3, 0.4) is 0 Å². The van der Waals surface area contributed by atoms with Crippen molar-refractivity contribution in [2.24, 2.45) is 0 Å². The lowest BCUT2D eigenvalue weighted by molar-refractivity contribution is -0.137. The Labute approximate surface area is 118 Å². The fourth-order valence-electron chi connectivity index (χ4n) is 2.50. The largest absolute Gasteiger partial charge is 0.480 e. The summed E-state index contributed by atoms with van der Waals surface area (Å²) in [5.41, 5.74) is 0. The molecular weight excluding hydrogens is 282 g/mol. The van der Waals surface area contributed by atoms with Gasteiger partial charge in [0.2, 0.25) is 0 Å². The number of aryl methyl sites for hydroxylation is 1. The van der Waals surface area contributed by atoms with E-state index in [1.54, 1.807) is 4.57 Å². The molecule has 20 heavy (non-hydrogen) atoms. The van der Waals surface area contributed by atoms with Crippen LogP contribution in [0.25, 0.3) is 0 Å². The van der Waals surface area contributed by atoms with Crippen molar-refractivity contribution in [2.45, 2.75) is 50.2 Å². The van der Waals surface area contributed by atoms with Gasteiger partial charge in [0, 0.05) is 18.8 Å². The van der Waals surface area contributed by atoms with Crippen molar-refractivity contribution in [1.82, 2.24) is 13.9 Å². The highest BCUT2D eigenvalue weighted by Gasteiger charge is 2.35. The molecule has 1 aromatic heterocycles. The molecule has 1 aliphatic rings. The molecule has 0 bridgehead atoms. The molecule has 0 amide bonds. The quantitative estimate of drug-likeness (QED) is 0.843. The first-order valence-electron chi connectivity index (χ1n) is 6.70. The maximum absolute atomic E-state index is 12.6. The van der Waals surface area contributed by atoms with E-state index in [1.807, 2.05) is 6.92 Å². The van der Waals surface area contributed by atoms with Gasteiger partial charge in [0.05, 0.1) is 6.33 Å². The minimum Gasteiger partial charge on any atom is -0.480 e. The van der Waals surface area contributed by atoms with Gasteiger partial charge in [-0.05, 0) is 19.8 Å². The van der Waals surface area contributed by atoms with Crippen LogP contribution >= 0.6 is 0 Å². The molecule has 7 nitrogen and oxygen atoms in total. The molecule has 0 spiro atoms. The first-order valence-corrected chi connectivity index (χ1v) is 8.14. The van der Waals surface area contributed by atoms with E-state index < -0.39 is 22.5 Å². The van der Waals surface area contributed by atoms with Crippen LogP contribution in [0.1, 0.15) is 32.6 Å². The highest BCUT2D eigenvalue weighted by atomic mass is 32.2. The van der Waals surface area contributed by atoms with Crippen LogP contribution in [0, 0.1) is 0 Å². The SMILES string of the molecule is CCn1cnc(S(=O)(=O)N(CC(=O)O)C2CCCC2)c1. The topological polar surface area (TPSA) is 92.5 Å². The van der Waals surface area contributed by atoms with E-state index in [0.29, 0.717) is 19.4 Å². The number of hydrogen-bond donors (Lipinski definition) is 1. The molecule has 0 unspecified atom stereocenters. The van der Waals surface area contributed by atoms with E-state index in [4.69, 9.17) is 5.11 Å². The number of aliphatic carboxylic acids is 1. The monoisotopic (exact) mass is 301 g/mol. The predicted octanol–water partition coefficient (Wildman–Crippen LogP) is 0.921. The molecule has 0 atom stereocenters. The van der Waals surface area contributed by atoms with Crippen LogP contribution in [-0.2, 0) is 21.4 Å². The van der Waals surface area contributed by atoms with E-state index in [-0.39, 0.29) is 11.1 Å². The second kappa shape index (κ2) is 5.92. The number of carbonyl (C=O) groups is 1. The Balaban J connectivity index is 2.32. The van der Waals surface area contributed by atoms with Crippen molar-refractivity contribution >= 4 is 16.0 Å². The van der Waals surface area contributed by atoms with Crippen LogP contribution < -0.4 is 0 Å². The third kappa shape index (κ3) is 3.01. The zero-order chi connectivity index (χ0) is 14.8. The van der Waals surface area contributed by atoms with Crippen LogP contribution in [0.5, 0.6) is 0 Å². The Morgan fingerprint density at radius 3 is 2.65 bits per heavy atom. The maximum atomic E-state index is 12.6. The summed E-state index contributed by atoms with van der Waals surface area (Å²) >= 11 is 0. The third-order valence-corrected chi connectivity index (χ3v) is 5.35. The Hall–Kier alpha value is -1.41. The van der Waals surface area contributed by atoms with Crippen LogP contribution in [0.4, 0.5) is 0 Å². The zero-order valence-corrected chi connectivity index (χ0v) is 12.2. The van der Waals surface area contributed by atoms with Gasteiger partial charge in [-0.15, -0.1) is 0 Å². The van der Waals surface area contributed by atoms with Crippen LogP contribution in [-0.4, -0.2) is 45.9 Å². The molecule has 1 saturated carbocycles. The van der Waals surface area contributed by atoms with Gasteiger partial charge in [-0.1, -0.05) is 12.8 Å². The van der Waals surface area contributed by atoms with Crippen molar-refractivity contribution < 1.29 is 18.3 Å². The predicted molar refractivity (Wildman–Crippen MR) is 71.7 cm³/mol. The van der Waals surface area contributed by atoms with Crippen LogP contribution in [0.15, 0.2) is 17.6 Å². The second-order valence-corrected chi connectivity index (χ2v) is 6.76. The minimum absolute atomic E-state index is 0.0764. The number of hydrogen-bond acceptors (Lipinski definition) is 4. The summed E-state index contributed by atoms with van der Waals surface area (Å²) in [6.45, 7) is 1.99. The molecule has 0 saturated heterocycles. The Kier molecular flexibility index (Phi) is 4.44. The van der Waals surface area contributed by atoms with E-state index >= 15 is 0 Å². The molecule has 0 aromatic carbocycles. The highest BCUT2D eigenvalue weighted by molar-refractivity contribution is 7.89. The lowest BCUT2D eigenvalue weighted by Gasteiger charge is -2.25. The van der Waals surface area contributed by atoms with E-state index in [9.17, 15) is 13.2 Å². The van der Waals surface area contributed by atoms with E-state index in [1.165, 1.54) is 12.5 Å². The smallest absolute Gasteiger partial charge is 0.318 e. The Morgan fingerprint density at radius 2 is 2.15 bits per heavy atom. The first-order chi connectivity index (χ1) is 9.45. The summed E-state index contributed by atoms with van der Waals surface area (Å²) in [5, 5.41) is 8.90. The summed E-state index contributed by atoms with van der Waals surface area (Å²) in [6.07, 6.45) is 6.17. The van der Waals surface area contributed by atoms with Gasteiger partial charge in [-0.2, -0.15) is 4.31 Å². The number of aromatic nitrogens is 2. The molecule has 1 N–H and O–H groups in total. The number of carboxylic acid groups (broad SMARTS) is 1. The average Bonchev–Trinajstić information content (AvgIpc) is 3.06. The fourth-order valence-corrected chi connectivity index (χ4v) is 4.07. The number of sulfonamides is 1. The molecule has 0 radical (unpaired) electrons. The molecule has 2 rings (SSSR count). The standard InChI is InChI=1S/C12H19N3O4S/c1-2-14-7-11(13-9-14)20(18,19)15(8-12(16)17)10-5-3-4-6-10/h7,9-10H,2-6,8H2,1H3,(H,16,17). The van der Waals surface area contributed by atoms with Crippen molar-refractivity contribution in [1.29, 1.82) is 0 Å². The lowest BCUT2D eigenvalue weighted by atomic mass is 10.2. The van der Waals surface area contributed by atoms with Crippen molar-refractivity contribution in [2.75, 3.05) is 6.54 Å². The van der Waals surface area contributed by atoms with Crippen molar-refractivity contribution in [3.05, 3.63) is 12.5 Å². The maximum Gasteiger partial charge on any atom is 0.318 e. The zero-order valence-electron chi connectivity index (χ0n) is 11.4. The molecule has 1 fully saturated rings. The lowest BCUT2D eigenvalue weighted by Crippen LogP contribution is -2.42. The second-order valence-electron chi connectivity index (χ2n) is 4.92. The summed E-state index contributed by atoms with van der Waals surface area (Å²) in [5.74, 6) is -1.14. The number of nitrogens with zero attached hydrogens (tertiary/aromatic N) is 3. The first kappa shape index (κ1) is 15.0. The molecule has 112 valence electrons.